The van der Waals surface area contributed by atoms with Crippen LogP contribution < -0.4 is 5.32 Å². The number of nitrogens with one attached hydrogen (secondary N) is 1. The summed E-state index contributed by atoms with van der Waals surface area (Å²) in [5.41, 5.74) is 4.91. The maximum atomic E-state index is 6.17. The first-order valence-electron chi connectivity index (χ1n) is 8.07. The number of aromatic nitrogens is 1. The Bertz CT molecular complexity index is 690. The molecule has 1 heterocycles. The van der Waals surface area contributed by atoms with Crippen LogP contribution in [-0.2, 0) is 17.9 Å². The first kappa shape index (κ1) is 16.4. The molecule has 121 valence electrons. The Kier molecular flexibility index (Phi) is 5.26. The van der Waals surface area contributed by atoms with Gasteiger partial charge >= 0.3 is 0 Å². The standard InChI is InChI=1S/C19H23N2OS/c1-13(2)17-12-23-19(21-17)11-22-18-6-4-5-15-8-7-14(10-20-3)9-16(15)18/h5,7-9,12-13,18,20H,6,10-11H2,1-3H3. The monoisotopic (exact) mass is 327 g/mol. The van der Waals surface area contributed by atoms with Crippen molar-refractivity contribution >= 4 is 17.4 Å². The van der Waals surface area contributed by atoms with Crippen LogP contribution >= 0.6 is 11.3 Å². The van der Waals surface area contributed by atoms with Crippen molar-refractivity contribution in [1.29, 1.82) is 0 Å². The molecule has 3 nitrogen and oxygen atoms in total. The molecule has 0 spiro atoms. The van der Waals surface area contributed by atoms with Gasteiger partial charge in [0.15, 0.2) is 0 Å². The maximum Gasteiger partial charge on any atom is 0.119 e. The Labute approximate surface area is 142 Å². The molecule has 0 fully saturated rings. The Balaban J connectivity index is 1.71. The van der Waals surface area contributed by atoms with Gasteiger partial charge in [0.2, 0.25) is 0 Å². The van der Waals surface area contributed by atoms with E-state index in [9.17, 15) is 0 Å². The molecule has 1 aliphatic rings. The van der Waals surface area contributed by atoms with Gasteiger partial charge in [-0.05, 0) is 35.7 Å². The normalized spacial score (nSPS) is 16.8. The van der Waals surface area contributed by atoms with Gasteiger partial charge in [-0.1, -0.05) is 38.1 Å². The van der Waals surface area contributed by atoms with Gasteiger partial charge in [-0.3, -0.25) is 0 Å². The summed E-state index contributed by atoms with van der Waals surface area (Å²) in [5.74, 6) is 0.468. The third-order valence-corrected chi connectivity index (χ3v) is 4.85. The summed E-state index contributed by atoms with van der Waals surface area (Å²) in [6, 6.07) is 6.56. The minimum atomic E-state index is 0.0678. The van der Waals surface area contributed by atoms with Crippen LogP contribution in [-0.4, -0.2) is 12.0 Å². The van der Waals surface area contributed by atoms with E-state index in [1.54, 1.807) is 11.3 Å². The lowest BCUT2D eigenvalue weighted by atomic mass is 9.93. The van der Waals surface area contributed by atoms with Crippen LogP contribution in [0.15, 0.2) is 23.6 Å². The highest BCUT2D eigenvalue weighted by atomic mass is 32.1. The zero-order valence-corrected chi connectivity index (χ0v) is 14.7. The van der Waals surface area contributed by atoms with E-state index in [1.165, 1.54) is 16.7 Å². The summed E-state index contributed by atoms with van der Waals surface area (Å²) < 4.78 is 6.17. The highest BCUT2D eigenvalue weighted by Crippen LogP contribution is 2.32. The van der Waals surface area contributed by atoms with E-state index >= 15 is 0 Å². The third-order valence-electron chi connectivity index (χ3n) is 4.01. The van der Waals surface area contributed by atoms with Gasteiger partial charge in [0.05, 0.1) is 18.4 Å². The van der Waals surface area contributed by atoms with Crippen molar-refractivity contribution in [2.45, 2.75) is 45.4 Å². The SMILES string of the molecule is CNCc1ccc2c(c1)C(OCc1nc(C(C)C)cs1)C[C]=C2. The molecule has 23 heavy (non-hydrogen) atoms. The van der Waals surface area contributed by atoms with Crippen LogP contribution in [0.1, 0.15) is 59.7 Å². The Morgan fingerprint density at radius 1 is 1.43 bits per heavy atom. The van der Waals surface area contributed by atoms with Crippen molar-refractivity contribution < 1.29 is 4.74 Å². The number of nitrogens with zero attached hydrogens (tertiary/aromatic N) is 1. The van der Waals surface area contributed by atoms with Crippen LogP contribution in [0.4, 0.5) is 0 Å². The van der Waals surface area contributed by atoms with Crippen LogP contribution in [0.3, 0.4) is 0 Å². The highest BCUT2D eigenvalue weighted by molar-refractivity contribution is 7.09. The molecule has 0 amide bonds. The van der Waals surface area contributed by atoms with Gasteiger partial charge in [-0.25, -0.2) is 4.98 Å². The summed E-state index contributed by atoms with van der Waals surface area (Å²) >= 11 is 1.68. The number of hydrogen-bond acceptors (Lipinski definition) is 4. The van der Waals surface area contributed by atoms with Crippen LogP contribution in [0, 0.1) is 6.08 Å². The van der Waals surface area contributed by atoms with E-state index in [-0.39, 0.29) is 6.10 Å². The molecule has 2 aromatic rings. The lowest BCUT2D eigenvalue weighted by Gasteiger charge is -2.22. The number of hydrogen-bond donors (Lipinski definition) is 1. The number of thiazole rings is 1. The second-order valence-electron chi connectivity index (χ2n) is 6.17. The van der Waals surface area contributed by atoms with Gasteiger partial charge in [0.1, 0.15) is 5.01 Å². The Morgan fingerprint density at radius 2 is 2.30 bits per heavy atom. The lowest BCUT2D eigenvalue weighted by molar-refractivity contribution is 0.0395. The first-order valence-corrected chi connectivity index (χ1v) is 8.95. The largest absolute Gasteiger partial charge is 0.366 e. The number of benzene rings is 1. The molecule has 0 saturated carbocycles. The molecule has 0 bridgehead atoms. The zero-order valence-electron chi connectivity index (χ0n) is 13.9. The highest BCUT2D eigenvalue weighted by Gasteiger charge is 2.19. The van der Waals surface area contributed by atoms with Crippen LogP contribution in [0.2, 0.25) is 0 Å². The number of rotatable bonds is 6. The van der Waals surface area contributed by atoms with E-state index in [4.69, 9.17) is 4.74 Å². The maximum absolute atomic E-state index is 6.17. The molecule has 0 saturated heterocycles. The minimum absolute atomic E-state index is 0.0678. The molecule has 1 atom stereocenters. The van der Waals surface area contributed by atoms with E-state index in [1.807, 2.05) is 7.05 Å². The van der Waals surface area contributed by atoms with E-state index in [0.717, 1.165) is 23.7 Å². The molecule has 3 rings (SSSR count). The second-order valence-corrected chi connectivity index (χ2v) is 7.11. The van der Waals surface area contributed by atoms with Crippen molar-refractivity contribution in [2.24, 2.45) is 0 Å². The molecular formula is C19H23N2OS. The summed E-state index contributed by atoms with van der Waals surface area (Å²) in [7, 11) is 1.97. The van der Waals surface area contributed by atoms with E-state index in [2.05, 4.69) is 59.9 Å². The molecule has 1 N–H and O–H groups in total. The molecule has 1 aromatic heterocycles. The first-order chi connectivity index (χ1) is 11.2. The number of ether oxygens (including phenoxy) is 1. The van der Waals surface area contributed by atoms with Gasteiger partial charge in [-0.15, -0.1) is 11.3 Å². The topological polar surface area (TPSA) is 34.1 Å². The van der Waals surface area contributed by atoms with Gasteiger partial charge in [-0.2, -0.15) is 0 Å². The van der Waals surface area contributed by atoms with Gasteiger partial charge in [0.25, 0.3) is 0 Å². The molecule has 1 aliphatic carbocycles. The smallest absolute Gasteiger partial charge is 0.119 e. The van der Waals surface area contributed by atoms with Gasteiger partial charge < -0.3 is 10.1 Å². The van der Waals surface area contributed by atoms with Crippen LogP contribution in [0.25, 0.3) is 6.08 Å². The molecule has 4 heteroatoms. The molecule has 1 unspecified atom stereocenters. The average molecular weight is 327 g/mol. The molecule has 0 aliphatic heterocycles. The quantitative estimate of drug-likeness (QED) is 0.850. The fraction of sp³-hybridized carbons (Fsp3) is 0.421. The van der Waals surface area contributed by atoms with Gasteiger partial charge in [0, 0.05) is 18.3 Å². The lowest BCUT2D eigenvalue weighted by Crippen LogP contribution is -2.11. The summed E-state index contributed by atoms with van der Waals surface area (Å²) in [6.45, 7) is 5.78. The second kappa shape index (κ2) is 7.39. The fourth-order valence-corrected chi connectivity index (χ4v) is 3.59. The van der Waals surface area contributed by atoms with Crippen molar-refractivity contribution in [2.75, 3.05) is 7.05 Å². The molecular weight excluding hydrogens is 304 g/mol. The molecule has 1 aromatic carbocycles. The Hall–Kier alpha value is -1.49. The van der Waals surface area contributed by atoms with Crippen molar-refractivity contribution in [1.82, 2.24) is 10.3 Å². The predicted molar refractivity (Wildman–Crippen MR) is 95.3 cm³/mol. The Morgan fingerprint density at radius 3 is 3.04 bits per heavy atom. The summed E-state index contributed by atoms with van der Waals surface area (Å²) in [6.07, 6.45) is 6.26. The molecule has 1 radical (unpaired) electrons. The zero-order chi connectivity index (χ0) is 16.2. The summed E-state index contributed by atoms with van der Waals surface area (Å²) in [5, 5.41) is 6.39. The van der Waals surface area contributed by atoms with Crippen molar-refractivity contribution in [3.8, 4) is 0 Å². The van der Waals surface area contributed by atoms with Crippen molar-refractivity contribution in [3.05, 3.63) is 57.0 Å². The van der Waals surface area contributed by atoms with Crippen molar-refractivity contribution in [3.63, 3.8) is 0 Å². The number of fused-ring (bicyclic) bond motifs is 1. The van der Waals surface area contributed by atoms with E-state index in [0.29, 0.717) is 12.5 Å². The fourth-order valence-electron chi connectivity index (χ4n) is 2.71. The van der Waals surface area contributed by atoms with Crippen LogP contribution in [0.5, 0.6) is 0 Å². The average Bonchev–Trinajstić information content (AvgIpc) is 3.02. The minimum Gasteiger partial charge on any atom is -0.366 e. The summed E-state index contributed by atoms with van der Waals surface area (Å²) in [4.78, 5) is 4.65. The predicted octanol–water partition coefficient (Wildman–Crippen LogP) is 4.46. The van der Waals surface area contributed by atoms with E-state index < -0.39 is 0 Å². The third kappa shape index (κ3) is 3.89.